The van der Waals surface area contributed by atoms with E-state index in [0.717, 1.165) is 22.0 Å². The molecule has 32 heavy (non-hydrogen) atoms. The second kappa shape index (κ2) is 8.94. The molecule has 0 radical (unpaired) electrons. The minimum absolute atomic E-state index is 0.185. The van der Waals surface area contributed by atoms with Gasteiger partial charge in [0.15, 0.2) is 5.69 Å². The van der Waals surface area contributed by atoms with Crippen molar-refractivity contribution in [2.24, 2.45) is 0 Å². The van der Waals surface area contributed by atoms with Crippen LogP contribution in [0.25, 0.3) is 10.8 Å². The van der Waals surface area contributed by atoms with Gasteiger partial charge in [0.05, 0.1) is 30.7 Å². The average Bonchev–Trinajstić information content (AvgIpc) is 3.22. The van der Waals surface area contributed by atoms with E-state index in [9.17, 15) is 14.7 Å². The molecule has 0 saturated carbocycles. The van der Waals surface area contributed by atoms with Crippen LogP contribution in [0.4, 0.5) is 5.69 Å². The van der Waals surface area contributed by atoms with Gasteiger partial charge in [-0.15, -0.1) is 5.10 Å². The quantitative estimate of drug-likeness (QED) is 0.461. The lowest BCUT2D eigenvalue weighted by Crippen LogP contribution is -2.17. The number of aryl methyl sites for hydroxylation is 1. The van der Waals surface area contributed by atoms with E-state index in [1.165, 1.54) is 6.20 Å². The van der Waals surface area contributed by atoms with Gasteiger partial charge in [0.2, 0.25) is 0 Å². The molecule has 9 heteroatoms. The van der Waals surface area contributed by atoms with Gasteiger partial charge in [-0.1, -0.05) is 35.5 Å². The maximum atomic E-state index is 13.1. The molecule has 0 saturated heterocycles. The van der Waals surface area contributed by atoms with Crippen LogP contribution in [-0.4, -0.2) is 44.1 Å². The first kappa shape index (κ1) is 21.1. The third kappa shape index (κ3) is 4.06. The van der Waals surface area contributed by atoms with E-state index in [2.05, 4.69) is 20.6 Å². The highest BCUT2D eigenvalue weighted by molar-refractivity contribution is 6.14. The number of amides is 1. The van der Waals surface area contributed by atoms with Crippen LogP contribution in [0.1, 0.15) is 37.7 Å². The molecule has 4 rings (SSSR count). The van der Waals surface area contributed by atoms with Crippen molar-refractivity contribution in [2.75, 3.05) is 12.4 Å². The number of benzene rings is 2. The number of carboxylic acid groups (broad SMARTS) is 1. The van der Waals surface area contributed by atoms with Crippen molar-refractivity contribution in [3.63, 3.8) is 0 Å². The number of anilines is 1. The first-order chi connectivity index (χ1) is 15.5. The van der Waals surface area contributed by atoms with Crippen molar-refractivity contribution in [2.45, 2.75) is 20.1 Å². The summed E-state index contributed by atoms with van der Waals surface area (Å²) in [5.41, 5.74) is 2.83. The van der Waals surface area contributed by atoms with Crippen LogP contribution in [0.3, 0.4) is 0 Å². The van der Waals surface area contributed by atoms with Crippen LogP contribution in [0.2, 0.25) is 0 Å². The lowest BCUT2D eigenvalue weighted by molar-refractivity contribution is 0.0691. The van der Waals surface area contributed by atoms with Crippen molar-refractivity contribution in [3.05, 3.63) is 82.9 Å². The number of pyridine rings is 1. The molecular weight excluding hydrogens is 410 g/mol. The summed E-state index contributed by atoms with van der Waals surface area (Å²) in [6, 6.07) is 12.8. The van der Waals surface area contributed by atoms with Crippen LogP contribution in [0, 0.1) is 6.92 Å². The fraction of sp³-hybridized carbons (Fsp3) is 0.174. The van der Waals surface area contributed by atoms with Crippen LogP contribution in [0.5, 0.6) is 0 Å². The van der Waals surface area contributed by atoms with E-state index in [1.54, 1.807) is 37.0 Å². The zero-order valence-corrected chi connectivity index (χ0v) is 17.6. The standard InChI is InChI=1S/C23H21N5O4/c1-14-9-10-24-21(23(30)31)20(14)26-22(29)19-8-7-15(17-5-3-4-6-18(17)19)12-28-16(13-32-2)11-25-27-28/h3-11H,12-13H2,1-2H3,(H,26,29)(H,30,31). The fourth-order valence-electron chi connectivity index (χ4n) is 3.59. The Morgan fingerprint density at radius 2 is 1.91 bits per heavy atom. The Hall–Kier alpha value is -4.11. The molecule has 0 spiro atoms. The number of carboxylic acids is 1. The Morgan fingerprint density at radius 1 is 1.12 bits per heavy atom. The van der Waals surface area contributed by atoms with E-state index in [1.807, 2.05) is 30.3 Å². The summed E-state index contributed by atoms with van der Waals surface area (Å²) in [6.45, 7) is 2.58. The van der Waals surface area contributed by atoms with Gasteiger partial charge >= 0.3 is 5.97 Å². The third-order valence-electron chi connectivity index (χ3n) is 5.17. The van der Waals surface area contributed by atoms with E-state index >= 15 is 0 Å². The van der Waals surface area contributed by atoms with Gasteiger partial charge in [-0.05, 0) is 41.0 Å². The van der Waals surface area contributed by atoms with E-state index < -0.39 is 11.9 Å². The molecular formula is C23H21N5O4. The molecule has 0 unspecified atom stereocenters. The normalized spacial score (nSPS) is 10.9. The first-order valence-electron chi connectivity index (χ1n) is 9.86. The van der Waals surface area contributed by atoms with Crippen molar-refractivity contribution in [3.8, 4) is 0 Å². The number of aromatic carboxylic acids is 1. The Bertz CT molecular complexity index is 1310. The maximum Gasteiger partial charge on any atom is 0.356 e. The number of hydrogen-bond acceptors (Lipinski definition) is 6. The number of nitrogens with zero attached hydrogens (tertiary/aromatic N) is 4. The lowest BCUT2D eigenvalue weighted by atomic mass is 9.98. The Labute approximate surface area is 183 Å². The summed E-state index contributed by atoms with van der Waals surface area (Å²) in [4.78, 5) is 28.6. The SMILES string of the molecule is COCc1cnnn1Cc1ccc(C(=O)Nc2c(C)ccnc2C(=O)O)c2ccccc12. The number of aromatic nitrogens is 4. The second-order valence-electron chi connectivity index (χ2n) is 7.24. The van der Waals surface area contributed by atoms with E-state index in [-0.39, 0.29) is 11.4 Å². The molecule has 2 N–H and O–H groups in total. The number of carbonyl (C=O) groups is 2. The molecule has 0 bridgehead atoms. The minimum atomic E-state index is -1.20. The third-order valence-corrected chi connectivity index (χ3v) is 5.17. The summed E-state index contributed by atoms with van der Waals surface area (Å²) < 4.78 is 6.95. The van der Waals surface area contributed by atoms with Crippen LogP contribution < -0.4 is 5.32 Å². The Balaban J connectivity index is 1.71. The summed E-state index contributed by atoms with van der Waals surface area (Å²) >= 11 is 0. The number of nitrogens with one attached hydrogen (secondary N) is 1. The molecule has 0 aliphatic heterocycles. The molecule has 0 aliphatic carbocycles. The molecule has 0 aliphatic rings. The smallest absolute Gasteiger partial charge is 0.356 e. The van der Waals surface area contributed by atoms with Gasteiger partial charge in [0.25, 0.3) is 5.91 Å². The fourth-order valence-corrected chi connectivity index (χ4v) is 3.59. The highest BCUT2D eigenvalue weighted by Crippen LogP contribution is 2.26. The number of methoxy groups -OCH3 is 1. The number of fused-ring (bicyclic) bond motifs is 1. The number of hydrogen-bond donors (Lipinski definition) is 2. The van der Waals surface area contributed by atoms with Crippen LogP contribution in [0.15, 0.2) is 54.9 Å². The second-order valence-corrected chi connectivity index (χ2v) is 7.24. The van der Waals surface area contributed by atoms with Crippen molar-refractivity contribution < 1.29 is 19.4 Å². The zero-order chi connectivity index (χ0) is 22.7. The zero-order valence-electron chi connectivity index (χ0n) is 17.6. The maximum absolute atomic E-state index is 13.1. The monoisotopic (exact) mass is 431 g/mol. The van der Waals surface area contributed by atoms with Crippen molar-refractivity contribution in [1.82, 2.24) is 20.0 Å². The molecule has 1 amide bonds. The molecule has 2 aromatic heterocycles. The largest absolute Gasteiger partial charge is 0.476 e. The van der Waals surface area contributed by atoms with Gasteiger partial charge in [0.1, 0.15) is 0 Å². The average molecular weight is 431 g/mol. The number of carbonyl (C=O) groups excluding carboxylic acids is 1. The van der Waals surface area contributed by atoms with E-state index in [0.29, 0.717) is 24.3 Å². The van der Waals surface area contributed by atoms with Gasteiger partial charge < -0.3 is 15.2 Å². The summed E-state index contributed by atoms with van der Waals surface area (Å²) in [5, 5.41) is 21.9. The summed E-state index contributed by atoms with van der Waals surface area (Å²) in [5.74, 6) is -1.61. The summed E-state index contributed by atoms with van der Waals surface area (Å²) in [7, 11) is 1.61. The highest BCUT2D eigenvalue weighted by Gasteiger charge is 2.19. The molecule has 2 heterocycles. The van der Waals surface area contributed by atoms with Crippen LogP contribution >= 0.6 is 0 Å². The predicted molar refractivity (Wildman–Crippen MR) is 118 cm³/mol. The van der Waals surface area contributed by atoms with Gasteiger partial charge in [-0.2, -0.15) is 0 Å². The molecule has 0 fully saturated rings. The van der Waals surface area contributed by atoms with Crippen molar-refractivity contribution in [1.29, 1.82) is 0 Å². The van der Waals surface area contributed by atoms with Gasteiger partial charge in [-0.25, -0.2) is 14.5 Å². The van der Waals surface area contributed by atoms with Crippen LogP contribution in [-0.2, 0) is 17.9 Å². The predicted octanol–water partition coefficient (Wildman–Crippen LogP) is 3.28. The molecule has 4 aromatic rings. The first-order valence-corrected chi connectivity index (χ1v) is 9.86. The molecule has 162 valence electrons. The Kier molecular flexibility index (Phi) is 5.91. The van der Waals surface area contributed by atoms with Gasteiger partial charge in [0, 0.05) is 18.9 Å². The molecule has 0 atom stereocenters. The molecule has 9 nitrogen and oxygen atoms in total. The number of rotatable bonds is 7. The Morgan fingerprint density at radius 3 is 2.66 bits per heavy atom. The highest BCUT2D eigenvalue weighted by atomic mass is 16.5. The van der Waals surface area contributed by atoms with Crippen molar-refractivity contribution >= 4 is 28.3 Å². The topological polar surface area (TPSA) is 119 Å². The summed E-state index contributed by atoms with van der Waals surface area (Å²) in [6.07, 6.45) is 3.06. The van der Waals surface area contributed by atoms with E-state index in [4.69, 9.17) is 4.74 Å². The lowest BCUT2D eigenvalue weighted by Gasteiger charge is -2.14. The number of ether oxygens (including phenoxy) is 1. The van der Waals surface area contributed by atoms with Gasteiger partial charge in [-0.3, -0.25) is 4.79 Å². The minimum Gasteiger partial charge on any atom is -0.476 e. The molecule has 2 aromatic carbocycles.